The van der Waals surface area contributed by atoms with Crippen LogP contribution in [0, 0.1) is 11.8 Å². The summed E-state index contributed by atoms with van der Waals surface area (Å²) >= 11 is 5.56. The van der Waals surface area contributed by atoms with Gasteiger partial charge < -0.3 is 10.4 Å². The van der Waals surface area contributed by atoms with Gasteiger partial charge in [-0.2, -0.15) is 0 Å². The topological polar surface area (TPSA) is 49.3 Å². The van der Waals surface area contributed by atoms with Crippen molar-refractivity contribution in [1.82, 2.24) is 5.32 Å². The lowest BCUT2D eigenvalue weighted by atomic mass is 10.0. The number of hydrogen-bond donors (Lipinski definition) is 2. The second-order valence-electron chi connectivity index (χ2n) is 4.07. The summed E-state index contributed by atoms with van der Waals surface area (Å²) in [6.07, 6.45) is 0.789. The van der Waals surface area contributed by atoms with Crippen LogP contribution >= 0.6 is 11.6 Å². The highest BCUT2D eigenvalue weighted by Crippen LogP contribution is 2.06. The molecule has 2 unspecified atom stereocenters. The van der Waals surface area contributed by atoms with Crippen molar-refractivity contribution in [3.63, 3.8) is 0 Å². The van der Waals surface area contributed by atoms with E-state index in [9.17, 15) is 4.79 Å². The molecule has 0 bridgehead atoms. The Hall–Kier alpha value is -0.280. The minimum Gasteiger partial charge on any atom is -0.394 e. The normalized spacial score (nSPS) is 15.3. The number of amides is 1. The van der Waals surface area contributed by atoms with E-state index in [4.69, 9.17) is 16.7 Å². The molecule has 0 saturated carbocycles. The van der Waals surface area contributed by atoms with Gasteiger partial charge in [0.15, 0.2) is 0 Å². The number of alkyl halides is 1. The molecule has 0 aliphatic carbocycles. The molecule has 84 valence electrons. The number of aliphatic hydroxyl groups is 1. The summed E-state index contributed by atoms with van der Waals surface area (Å²) in [7, 11) is 0. The Morgan fingerprint density at radius 1 is 1.43 bits per heavy atom. The fraction of sp³-hybridized carbons (Fsp3) is 0.900. The zero-order valence-corrected chi connectivity index (χ0v) is 9.84. The third-order valence-corrected chi connectivity index (χ3v) is 2.46. The van der Waals surface area contributed by atoms with Crippen LogP contribution in [-0.4, -0.2) is 29.5 Å². The minimum atomic E-state index is -0.196. The third-order valence-electron chi connectivity index (χ3n) is 2.00. The Morgan fingerprint density at radius 3 is 2.36 bits per heavy atom. The van der Waals surface area contributed by atoms with Crippen LogP contribution in [0.5, 0.6) is 0 Å². The molecule has 1 amide bonds. The van der Waals surface area contributed by atoms with Gasteiger partial charge in [0, 0.05) is 11.8 Å². The average Bonchev–Trinajstić information content (AvgIpc) is 2.14. The maximum absolute atomic E-state index is 11.4. The molecule has 0 heterocycles. The Morgan fingerprint density at radius 2 is 2.00 bits per heavy atom. The molecule has 4 heteroatoms. The van der Waals surface area contributed by atoms with Crippen molar-refractivity contribution < 1.29 is 9.90 Å². The van der Waals surface area contributed by atoms with Gasteiger partial charge in [0.2, 0.25) is 5.91 Å². The first-order valence-corrected chi connectivity index (χ1v) is 5.51. The summed E-state index contributed by atoms with van der Waals surface area (Å²) in [5.41, 5.74) is 0. The highest BCUT2D eigenvalue weighted by atomic mass is 35.5. The molecule has 14 heavy (non-hydrogen) atoms. The van der Waals surface area contributed by atoms with Gasteiger partial charge in [-0.05, 0) is 12.3 Å². The van der Waals surface area contributed by atoms with E-state index >= 15 is 0 Å². The molecular weight excluding hydrogens is 202 g/mol. The zero-order chi connectivity index (χ0) is 11.1. The fourth-order valence-corrected chi connectivity index (χ4v) is 1.30. The predicted molar refractivity (Wildman–Crippen MR) is 58.4 cm³/mol. The first-order chi connectivity index (χ1) is 6.51. The largest absolute Gasteiger partial charge is 0.394 e. The number of halogens is 1. The van der Waals surface area contributed by atoms with E-state index in [1.807, 2.05) is 0 Å². The highest BCUT2D eigenvalue weighted by molar-refractivity contribution is 6.19. The van der Waals surface area contributed by atoms with Crippen LogP contribution in [0.3, 0.4) is 0 Å². The molecule has 0 spiro atoms. The number of hydrogen-bond acceptors (Lipinski definition) is 2. The molecule has 0 saturated heterocycles. The van der Waals surface area contributed by atoms with E-state index in [0.717, 1.165) is 6.42 Å². The van der Waals surface area contributed by atoms with Crippen molar-refractivity contribution >= 4 is 17.5 Å². The van der Waals surface area contributed by atoms with E-state index in [0.29, 0.717) is 11.8 Å². The quantitative estimate of drug-likeness (QED) is 0.666. The Labute approximate surface area is 90.8 Å². The molecule has 0 aromatic rings. The number of rotatable bonds is 6. The molecule has 0 aliphatic rings. The Bertz CT molecular complexity index is 174. The van der Waals surface area contributed by atoms with Crippen molar-refractivity contribution in [3.8, 4) is 0 Å². The van der Waals surface area contributed by atoms with Crippen molar-refractivity contribution in [3.05, 3.63) is 0 Å². The molecule has 3 nitrogen and oxygen atoms in total. The molecule has 2 atom stereocenters. The summed E-state index contributed by atoms with van der Waals surface area (Å²) in [6.45, 7) is 5.87. The third kappa shape index (κ3) is 5.45. The van der Waals surface area contributed by atoms with Crippen LogP contribution in [0.25, 0.3) is 0 Å². The van der Waals surface area contributed by atoms with Crippen molar-refractivity contribution in [1.29, 1.82) is 0 Å². The van der Waals surface area contributed by atoms with Crippen LogP contribution in [0.4, 0.5) is 0 Å². The SMILES string of the molecule is CC(C)CC(CO)NC(=O)C(C)CCl. The van der Waals surface area contributed by atoms with Crippen molar-refractivity contribution in [2.75, 3.05) is 12.5 Å². The first kappa shape index (κ1) is 13.7. The smallest absolute Gasteiger partial charge is 0.224 e. The Balaban J connectivity index is 3.98. The fourth-order valence-electron chi connectivity index (χ4n) is 1.16. The summed E-state index contributed by atoms with van der Waals surface area (Å²) < 4.78 is 0. The maximum atomic E-state index is 11.4. The number of aliphatic hydroxyl groups excluding tert-OH is 1. The second kappa shape index (κ2) is 7.07. The molecule has 0 radical (unpaired) electrons. The van der Waals surface area contributed by atoms with Gasteiger partial charge in [0.05, 0.1) is 12.6 Å². The van der Waals surface area contributed by atoms with E-state index in [2.05, 4.69) is 19.2 Å². The monoisotopic (exact) mass is 221 g/mol. The van der Waals surface area contributed by atoms with Gasteiger partial charge in [0.1, 0.15) is 0 Å². The van der Waals surface area contributed by atoms with E-state index in [-0.39, 0.29) is 24.5 Å². The minimum absolute atomic E-state index is 0.0150. The van der Waals surface area contributed by atoms with Crippen LogP contribution < -0.4 is 5.32 Å². The summed E-state index contributed by atoms with van der Waals surface area (Å²) in [5, 5.41) is 11.8. The number of carbonyl (C=O) groups is 1. The van der Waals surface area contributed by atoms with E-state index < -0.39 is 0 Å². The predicted octanol–water partition coefficient (Wildman–Crippen LogP) is 1.38. The Kier molecular flexibility index (Phi) is 6.93. The molecule has 0 aromatic heterocycles. The first-order valence-electron chi connectivity index (χ1n) is 4.98. The molecule has 0 aromatic carbocycles. The summed E-state index contributed by atoms with van der Waals surface area (Å²) in [5.74, 6) is 0.488. The molecule has 2 N–H and O–H groups in total. The van der Waals surface area contributed by atoms with Gasteiger partial charge in [0.25, 0.3) is 0 Å². The molecular formula is C10H20ClNO2. The van der Waals surface area contributed by atoms with E-state index in [1.165, 1.54) is 0 Å². The van der Waals surface area contributed by atoms with E-state index in [1.54, 1.807) is 6.92 Å². The van der Waals surface area contributed by atoms with Gasteiger partial charge in [-0.15, -0.1) is 11.6 Å². The number of carbonyl (C=O) groups excluding carboxylic acids is 1. The summed E-state index contributed by atoms with van der Waals surface area (Å²) in [6, 6.07) is -0.145. The van der Waals surface area contributed by atoms with Crippen LogP contribution in [-0.2, 0) is 4.79 Å². The summed E-state index contributed by atoms with van der Waals surface area (Å²) in [4.78, 5) is 11.4. The van der Waals surface area contributed by atoms with Gasteiger partial charge in [-0.1, -0.05) is 20.8 Å². The lowest BCUT2D eigenvalue weighted by Crippen LogP contribution is -2.41. The van der Waals surface area contributed by atoms with Gasteiger partial charge >= 0.3 is 0 Å². The lowest BCUT2D eigenvalue weighted by molar-refractivity contribution is -0.125. The standard InChI is InChI=1S/C10H20ClNO2/c1-7(2)4-9(6-13)12-10(14)8(3)5-11/h7-9,13H,4-6H2,1-3H3,(H,12,14). The van der Waals surface area contributed by atoms with Crippen LogP contribution in [0.15, 0.2) is 0 Å². The molecule has 0 fully saturated rings. The highest BCUT2D eigenvalue weighted by Gasteiger charge is 2.16. The lowest BCUT2D eigenvalue weighted by Gasteiger charge is -2.19. The second-order valence-corrected chi connectivity index (χ2v) is 4.38. The van der Waals surface area contributed by atoms with Gasteiger partial charge in [-0.3, -0.25) is 4.79 Å². The average molecular weight is 222 g/mol. The molecule has 0 aliphatic heterocycles. The number of nitrogens with one attached hydrogen (secondary N) is 1. The van der Waals surface area contributed by atoms with Crippen molar-refractivity contribution in [2.24, 2.45) is 11.8 Å². The molecule has 0 rings (SSSR count). The van der Waals surface area contributed by atoms with Crippen LogP contribution in [0.1, 0.15) is 27.2 Å². The van der Waals surface area contributed by atoms with Crippen molar-refractivity contribution in [2.45, 2.75) is 33.2 Å². The van der Waals surface area contributed by atoms with Crippen LogP contribution in [0.2, 0.25) is 0 Å². The van der Waals surface area contributed by atoms with Gasteiger partial charge in [-0.25, -0.2) is 0 Å². The zero-order valence-electron chi connectivity index (χ0n) is 9.09. The maximum Gasteiger partial charge on any atom is 0.224 e.